The molecule has 0 aliphatic heterocycles. The van der Waals surface area contributed by atoms with E-state index in [1.807, 2.05) is 31.2 Å². The highest BCUT2D eigenvalue weighted by molar-refractivity contribution is 7.99. The average Bonchev–Trinajstić information content (AvgIpc) is 3.45. The molecule has 2 heterocycles. The topological polar surface area (TPSA) is 94.8 Å². The molecule has 0 bridgehead atoms. The van der Waals surface area contributed by atoms with Crippen LogP contribution in [-0.4, -0.2) is 43.7 Å². The summed E-state index contributed by atoms with van der Waals surface area (Å²) < 4.78 is 7.39. The van der Waals surface area contributed by atoms with Crippen molar-refractivity contribution in [3.63, 3.8) is 0 Å². The maximum absolute atomic E-state index is 12.5. The fourth-order valence-corrected chi connectivity index (χ4v) is 5.16. The van der Waals surface area contributed by atoms with Gasteiger partial charge in [0.05, 0.1) is 12.9 Å². The number of nitrogens with one attached hydrogen (secondary N) is 1. The van der Waals surface area contributed by atoms with E-state index in [4.69, 9.17) is 4.74 Å². The summed E-state index contributed by atoms with van der Waals surface area (Å²) >= 11 is 2.78. The second kappa shape index (κ2) is 10.2. The standard InChI is InChI=1S/C21H26N6O2S2/c1-3-18-23-25-20(31-18)22-17(28)13-30-21-26-24-19(14-7-5-4-6-8-14)27(21)15-9-11-16(29-2)12-10-15/h9-12,14H,3-8,13H2,1-2H3,(H,22,25,28). The predicted molar refractivity (Wildman–Crippen MR) is 122 cm³/mol. The lowest BCUT2D eigenvalue weighted by atomic mass is 9.88. The molecule has 0 unspecified atom stereocenters. The van der Waals surface area contributed by atoms with Gasteiger partial charge < -0.3 is 4.74 Å². The van der Waals surface area contributed by atoms with Gasteiger partial charge in [0.15, 0.2) is 5.16 Å². The molecule has 2 aromatic heterocycles. The Balaban J connectivity index is 1.53. The van der Waals surface area contributed by atoms with Crippen LogP contribution in [0.3, 0.4) is 0 Å². The summed E-state index contributed by atoms with van der Waals surface area (Å²) in [7, 11) is 1.66. The van der Waals surface area contributed by atoms with Gasteiger partial charge in [0.25, 0.3) is 0 Å². The number of methoxy groups -OCH3 is 1. The van der Waals surface area contributed by atoms with E-state index in [9.17, 15) is 4.79 Å². The van der Waals surface area contributed by atoms with E-state index in [0.29, 0.717) is 16.2 Å². The number of hydrogen-bond acceptors (Lipinski definition) is 8. The Bertz CT molecular complexity index is 1010. The van der Waals surface area contributed by atoms with Gasteiger partial charge in [0.1, 0.15) is 16.6 Å². The van der Waals surface area contributed by atoms with Crippen molar-refractivity contribution in [1.29, 1.82) is 0 Å². The summed E-state index contributed by atoms with van der Waals surface area (Å²) in [6.45, 7) is 2.01. The number of carbonyl (C=O) groups is 1. The third-order valence-electron chi connectivity index (χ3n) is 5.31. The van der Waals surface area contributed by atoms with Gasteiger partial charge in [0, 0.05) is 11.6 Å². The first-order valence-electron chi connectivity index (χ1n) is 10.5. The number of hydrogen-bond donors (Lipinski definition) is 1. The quantitative estimate of drug-likeness (QED) is 0.498. The van der Waals surface area contributed by atoms with Crippen LogP contribution in [0.15, 0.2) is 29.4 Å². The van der Waals surface area contributed by atoms with Gasteiger partial charge >= 0.3 is 0 Å². The van der Waals surface area contributed by atoms with Gasteiger partial charge in [-0.1, -0.05) is 49.3 Å². The third-order valence-corrected chi connectivity index (χ3v) is 7.22. The highest BCUT2D eigenvalue weighted by Gasteiger charge is 2.25. The summed E-state index contributed by atoms with van der Waals surface area (Å²) in [5.74, 6) is 2.25. The van der Waals surface area contributed by atoms with E-state index in [-0.39, 0.29) is 11.7 Å². The summed E-state index contributed by atoms with van der Waals surface area (Å²) in [6, 6.07) is 7.88. The van der Waals surface area contributed by atoms with E-state index in [2.05, 4.69) is 30.3 Å². The molecule has 1 saturated carbocycles. The summed E-state index contributed by atoms with van der Waals surface area (Å²) in [6.07, 6.45) is 6.75. The molecule has 3 aromatic rings. The first-order chi connectivity index (χ1) is 15.2. The van der Waals surface area contributed by atoms with Gasteiger partial charge in [-0.25, -0.2) is 0 Å². The van der Waals surface area contributed by atoms with Crippen LogP contribution in [-0.2, 0) is 11.2 Å². The van der Waals surface area contributed by atoms with Crippen molar-refractivity contribution in [1.82, 2.24) is 25.0 Å². The Labute approximate surface area is 189 Å². The maximum atomic E-state index is 12.5. The predicted octanol–water partition coefficient (Wildman–Crippen LogP) is 4.47. The number of aromatic nitrogens is 5. The number of carbonyl (C=O) groups excluding carboxylic acids is 1. The van der Waals surface area contributed by atoms with Crippen LogP contribution in [0.1, 0.15) is 55.8 Å². The number of aryl methyl sites for hydroxylation is 1. The highest BCUT2D eigenvalue weighted by Crippen LogP contribution is 2.35. The van der Waals surface area contributed by atoms with Gasteiger partial charge in [0.2, 0.25) is 11.0 Å². The van der Waals surface area contributed by atoms with Crippen molar-refractivity contribution in [2.45, 2.75) is 56.5 Å². The smallest absolute Gasteiger partial charge is 0.236 e. The Hall–Kier alpha value is -2.46. The molecule has 4 rings (SSSR count). The van der Waals surface area contributed by atoms with Gasteiger partial charge in [-0.3, -0.25) is 14.7 Å². The van der Waals surface area contributed by atoms with E-state index in [1.165, 1.54) is 42.4 Å². The van der Waals surface area contributed by atoms with Crippen LogP contribution in [0, 0.1) is 0 Å². The summed E-state index contributed by atoms with van der Waals surface area (Å²) in [4.78, 5) is 12.5. The second-order valence-corrected chi connectivity index (χ2v) is 9.41. The van der Waals surface area contributed by atoms with Crippen LogP contribution in [0.4, 0.5) is 5.13 Å². The molecule has 0 saturated heterocycles. The molecule has 8 nitrogen and oxygen atoms in total. The molecule has 0 spiro atoms. The van der Waals surface area contributed by atoms with Crippen LogP contribution in [0.5, 0.6) is 5.75 Å². The van der Waals surface area contributed by atoms with Crippen molar-refractivity contribution in [2.24, 2.45) is 0 Å². The molecule has 1 aliphatic carbocycles. The van der Waals surface area contributed by atoms with Crippen LogP contribution in [0.2, 0.25) is 0 Å². The lowest BCUT2D eigenvalue weighted by Gasteiger charge is -2.22. The highest BCUT2D eigenvalue weighted by atomic mass is 32.2. The third kappa shape index (κ3) is 5.24. The number of benzene rings is 1. The minimum absolute atomic E-state index is 0.132. The normalized spacial score (nSPS) is 14.5. The van der Waals surface area contributed by atoms with Gasteiger partial charge in [-0.15, -0.1) is 20.4 Å². The number of thioether (sulfide) groups is 1. The Kier molecular flexibility index (Phi) is 7.18. The number of amides is 1. The number of rotatable bonds is 8. The molecule has 1 aliphatic rings. The maximum Gasteiger partial charge on any atom is 0.236 e. The first-order valence-corrected chi connectivity index (χ1v) is 12.3. The Morgan fingerprint density at radius 2 is 1.94 bits per heavy atom. The summed E-state index contributed by atoms with van der Waals surface area (Å²) in [5.41, 5.74) is 0.978. The molecule has 10 heteroatoms. The zero-order chi connectivity index (χ0) is 21.6. The molecule has 0 atom stereocenters. The van der Waals surface area contributed by atoms with E-state index < -0.39 is 0 Å². The van der Waals surface area contributed by atoms with Crippen molar-refractivity contribution < 1.29 is 9.53 Å². The molecular weight excluding hydrogens is 432 g/mol. The van der Waals surface area contributed by atoms with Crippen molar-refractivity contribution >= 4 is 34.1 Å². The Morgan fingerprint density at radius 1 is 1.16 bits per heavy atom. The molecule has 1 fully saturated rings. The minimum Gasteiger partial charge on any atom is -0.497 e. The lowest BCUT2D eigenvalue weighted by Crippen LogP contribution is -2.15. The SMILES string of the molecule is CCc1nnc(NC(=O)CSc2nnc(C3CCCCC3)n2-c2ccc(OC)cc2)s1. The van der Waals surface area contributed by atoms with Gasteiger partial charge in [-0.2, -0.15) is 0 Å². The van der Waals surface area contributed by atoms with Crippen molar-refractivity contribution in [3.05, 3.63) is 35.1 Å². The van der Waals surface area contributed by atoms with Crippen molar-refractivity contribution in [3.8, 4) is 11.4 Å². The molecule has 0 radical (unpaired) electrons. The van der Waals surface area contributed by atoms with Crippen LogP contribution in [0.25, 0.3) is 5.69 Å². The molecule has 1 N–H and O–H groups in total. The number of ether oxygens (including phenoxy) is 1. The van der Waals surface area contributed by atoms with Crippen molar-refractivity contribution in [2.75, 3.05) is 18.2 Å². The largest absolute Gasteiger partial charge is 0.497 e. The molecule has 31 heavy (non-hydrogen) atoms. The molecular formula is C21H26N6O2S2. The fourth-order valence-electron chi connectivity index (χ4n) is 3.71. The zero-order valence-electron chi connectivity index (χ0n) is 17.7. The van der Waals surface area contributed by atoms with Crippen LogP contribution >= 0.6 is 23.1 Å². The van der Waals surface area contributed by atoms with E-state index in [1.54, 1.807) is 7.11 Å². The first kappa shape index (κ1) is 21.8. The molecule has 1 amide bonds. The zero-order valence-corrected chi connectivity index (χ0v) is 19.3. The number of anilines is 1. The summed E-state index contributed by atoms with van der Waals surface area (Å²) in [5, 5.41) is 22.0. The van der Waals surface area contributed by atoms with Crippen LogP contribution < -0.4 is 10.1 Å². The fraction of sp³-hybridized carbons (Fsp3) is 0.476. The van der Waals surface area contributed by atoms with E-state index in [0.717, 1.165) is 41.5 Å². The monoisotopic (exact) mass is 458 g/mol. The van der Waals surface area contributed by atoms with E-state index >= 15 is 0 Å². The number of nitrogens with zero attached hydrogens (tertiary/aromatic N) is 5. The second-order valence-electron chi connectivity index (χ2n) is 7.40. The van der Waals surface area contributed by atoms with Gasteiger partial charge in [-0.05, 0) is 43.5 Å². The lowest BCUT2D eigenvalue weighted by molar-refractivity contribution is -0.113. The minimum atomic E-state index is -0.132. The Morgan fingerprint density at radius 3 is 2.61 bits per heavy atom. The average molecular weight is 459 g/mol. The molecule has 164 valence electrons. The molecule has 1 aromatic carbocycles.